The number of nitrogens with one attached hydrogen (secondary N) is 2. The molecule has 1 aromatic carbocycles. The second kappa shape index (κ2) is 8.73. The number of rotatable bonds is 4. The van der Waals surface area contributed by atoms with Gasteiger partial charge >= 0.3 is 5.69 Å². The summed E-state index contributed by atoms with van der Waals surface area (Å²) < 4.78 is 3.24. The molecule has 8 heteroatoms. The minimum atomic E-state index is -0.644. The van der Waals surface area contributed by atoms with Crippen molar-refractivity contribution in [3.05, 3.63) is 28.7 Å². The Kier molecular flexibility index (Phi) is 5.80. The van der Waals surface area contributed by atoms with Crippen LogP contribution in [0.2, 0.25) is 0 Å². The maximum absolute atomic E-state index is 13.2. The number of imidazole rings is 1. The molecule has 1 aromatic heterocycles. The third kappa shape index (κ3) is 3.85. The Balaban J connectivity index is 1.38. The fourth-order valence-electron chi connectivity index (χ4n) is 5.90. The predicted molar refractivity (Wildman–Crippen MR) is 124 cm³/mol. The lowest BCUT2D eigenvalue weighted by atomic mass is 9.83. The molecule has 3 aliphatic heterocycles. The maximum Gasteiger partial charge on any atom is 0.329 e. The molecule has 0 aliphatic carbocycles. The number of amides is 2. The standard InChI is InChI=1S/C24H33N5O3/c1-27-22-18(28-13-9-17(10-14-28)15-16-7-11-25-12-8-16)3-2-4-19(22)29(24(27)32)20-5-6-21(30)26-23(20)31/h2-4,16-17,20,25H,5-15H2,1H3,(H,26,30,31). The Morgan fingerprint density at radius 2 is 1.69 bits per heavy atom. The quantitative estimate of drug-likeness (QED) is 0.711. The van der Waals surface area contributed by atoms with Gasteiger partial charge < -0.3 is 10.2 Å². The summed E-state index contributed by atoms with van der Waals surface area (Å²) in [4.78, 5) is 39.6. The van der Waals surface area contributed by atoms with Crippen LogP contribution in [0.4, 0.5) is 5.69 Å². The van der Waals surface area contributed by atoms with E-state index in [2.05, 4.69) is 21.6 Å². The molecular weight excluding hydrogens is 406 g/mol. The second-order valence-corrected chi connectivity index (χ2v) is 9.68. The Hall–Kier alpha value is -2.61. The molecule has 0 spiro atoms. The van der Waals surface area contributed by atoms with Gasteiger partial charge in [-0.25, -0.2) is 4.79 Å². The van der Waals surface area contributed by atoms with Crippen LogP contribution in [-0.4, -0.2) is 47.1 Å². The van der Waals surface area contributed by atoms with E-state index in [4.69, 9.17) is 0 Å². The molecule has 172 valence electrons. The minimum Gasteiger partial charge on any atom is -0.370 e. The number of para-hydroxylation sites is 1. The molecular formula is C24H33N5O3. The summed E-state index contributed by atoms with van der Waals surface area (Å²) in [6, 6.07) is 5.33. The highest BCUT2D eigenvalue weighted by Gasteiger charge is 2.32. The molecule has 5 rings (SSSR count). The molecule has 8 nitrogen and oxygen atoms in total. The number of carbonyl (C=O) groups is 2. The van der Waals surface area contributed by atoms with Gasteiger partial charge in [-0.1, -0.05) is 6.07 Å². The van der Waals surface area contributed by atoms with Gasteiger partial charge in [-0.05, 0) is 75.6 Å². The lowest BCUT2D eigenvalue weighted by molar-refractivity contribution is -0.135. The summed E-state index contributed by atoms with van der Waals surface area (Å²) in [5, 5.41) is 5.84. The molecule has 0 bridgehead atoms. The number of aryl methyl sites for hydroxylation is 1. The molecule has 32 heavy (non-hydrogen) atoms. The lowest BCUT2D eigenvalue weighted by Gasteiger charge is -2.36. The van der Waals surface area contributed by atoms with Crippen LogP contribution < -0.4 is 21.2 Å². The minimum absolute atomic E-state index is 0.206. The predicted octanol–water partition coefficient (Wildman–Crippen LogP) is 1.92. The molecule has 0 radical (unpaired) electrons. The first-order valence-electron chi connectivity index (χ1n) is 12.0. The van der Waals surface area contributed by atoms with Crippen LogP contribution in [0.3, 0.4) is 0 Å². The van der Waals surface area contributed by atoms with Gasteiger partial charge in [0, 0.05) is 26.6 Å². The van der Waals surface area contributed by atoms with E-state index in [0.717, 1.165) is 54.7 Å². The van der Waals surface area contributed by atoms with Crippen molar-refractivity contribution < 1.29 is 9.59 Å². The van der Waals surface area contributed by atoms with E-state index in [-0.39, 0.29) is 23.9 Å². The van der Waals surface area contributed by atoms with Gasteiger partial charge in [0.25, 0.3) is 0 Å². The molecule has 3 aliphatic rings. The van der Waals surface area contributed by atoms with Crippen molar-refractivity contribution in [3.63, 3.8) is 0 Å². The maximum atomic E-state index is 13.2. The number of aromatic nitrogens is 2. The molecule has 4 heterocycles. The van der Waals surface area contributed by atoms with Gasteiger partial charge in [0.05, 0.1) is 16.7 Å². The number of imide groups is 1. The molecule has 3 saturated heterocycles. The molecule has 2 N–H and O–H groups in total. The average molecular weight is 440 g/mol. The highest BCUT2D eigenvalue weighted by atomic mass is 16.2. The normalized spacial score (nSPS) is 23.7. The summed E-state index contributed by atoms with van der Waals surface area (Å²) in [7, 11) is 1.78. The number of hydrogen-bond acceptors (Lipinski definition) is 5. The second-order valence-electron chi connectivity index (χ2n) is 9.68. The van der Waals surface area contributed by atoms with Gasteiger partial charge in [0.1, 0.15) is 6.04 Å². The molecule has 3 fully saturated rings. The van der Waals surface area contributed by atoms with E-state index in [0.29, 0.717) is 6.42 Å². The lowest BCUT2D eigenvalue weighted by Crippen LogP contribution is -2.44. The van der Waals surface area contributed by atoms with E-state index < -0.39 is 6.04 Å². The van der Waals surface area contributed by atoms with E-state index in [1.165, 1.54) is 32.1 Å². The van der Waals surface area contributed by atoms with Crippen LogP contribution in [0.15, 0.2) is 23.0 Å². The Morgan fingerprint density at radius 1 is 0.969 bits per heavy atom. The third-order valence-electron chi connectivity index (χ3n) is 7.68. The van der Waals surface area contributed by atoms with Gasteiger partial charge in [-0.3, -0.25) is 24.0 Å². The molecule has 2 amide bonds. The van der Waals surface area contributed by atoms with Crippen molar-refractivity contribution in [3.8, 4) is 0 Å². The number of piperidine rings is 3. The molecule has 2 aromatic rings. The van der Waals surface area contributed by atoms with Crippen LogP contribution in [0.25, 0.3) is 11.0 Å². The average Bonchev–Trinajstić information content (AvgIpc) is 3.06. The highest BCUT2D eigenvalue weighted by molar-refractivity contribution is 6.00. The zero-order valence-corrected chi connectivity index (χ0v) is 18.8. The first-order valence-corrected chi connectivity index (χ1v) is 12.0. The zero-order valence-electron chi connectivity index (χ0n) is 18.8. The number of anilines is 1. The van der Waals surface area contributed by atoms with Gasteiger partial charge in [-0.2, -0.15) is 0 Å². The summed E-state index contributed by atoms with van der Waals surface area (Å²) in [5.41, 5.74) is 2.50. The Bertz CT molecular complexity index is 1070. The van der Waals surface area contributed by atoms with Crippen molar-refractivity contribution in [2.75, 3.05) is 31.1 Å². The van der Waals surface area contributed by atoms with Crippen LogP contribution in [0.1, 0.15) is 51.0 Å². The third-order valence-corrected chi connectivity index (χ3v) is 7.68. The van der Waals surface area contributed by atoms with Crippen molar-refractivity contribution in [2.45, 2.75) is 51.0 Å². The van der Waals surface area contributed by atoms with Gasteiger partial charge in [0.2, 0.25) is 11.8 Å². The first-order chi connectivity index (χ1) is 15.5. The first kappa shape index (κ1) is 21.2. The molecule has 0 saturated carbocycles. The van der Waals surface area contributed by atoms with Crippen molar-refractivity contribution in [1.82, 2.24) is 19.8 Å². The van der Waals surface area contributed by atoms with Crippen molar-refractivity contribution in [2.24, 2.45) is 18.9 Å². The summed E-state index contributed by atoms with van der Waals surface area (Å²) in [6.45, 7) is 4.30. The summed E-state index contributed by atoms with van der Waals surface area (Å²) >= 11 is 0. The number of hydrogen-bond donors (Lipinski definition) is 2. The van der Waals surface area contributed by atoms with Crippen molar-refractivity contribution in [1.29, 1.82) is 0 Å². The van der Waals surface area contributed by atoms with Crippen LogP contribution in [0.5, 0.6) is 0 Å². The number of benzene rings is 1. The zero-order chi connectivity index (χ0) is 22.2. The molecule has 1 atom stereocenters. The number of carbonyl (C=O) groups excluding carboxylic acids is 2. The number of nitrogens with zero attached hydrogens (tertiary/aromatic N) is 3. The van der Waals surface area contributed by atoms with Crippen LogP contribution >= 0.6 is 0 Å². The monoisotopic (exact) mass is 439 g/mol. The van der Waals surface area contributed by atoms with Crippen molar-refractivity contribution >= 4 is 28.5 Å². The highest BCUT2D eigenvalue weighted by Crippen LogP contribution is 2.34. The Morgan fingerprint density at radius 3 is 2.41 bits per heavy atom. The van der Waals surface area contributed by atoms with Crippen LogP contribution in [-0.2, 0) is 16.6 Å². The van der Waals surface area contributed by atoms with E-state index in [1.54, 1.807) is 16.2 Å². The van der Waals surface area contributed by atoms with Crippen LogP contribution in [0, 0.1) is 11.8 Å². The Labute approximate surface area is 187 Å². The number of fused-ring (bicyclic) bond motifs is 1. The van der Waals surface area contributed by atoms with E-state index in [9.17, 15) is 14.4 Å². The largest absolute Gasteiger partial charge is 0.370 e. The van der Waals surface area contributed by atoms with E-state index in [1.807, 2.05) is 12.1 Å². The SMILES string of the molecule is Cn1c(=O)n(C2CCC(=O)NC2=O)c2cccc(N3CCC(CC4CCNCC4)CC3)c21. The van der Waals surface area contributed by atoms with Gasteiger partial charge in [0.15, 0.2) is 0 Å². The molecule has 1 unspecified atom stereocenters. The van der Waals surface area contributed by atoms with Gasteiger partial charge in [-0.15, -0.1) is 0 Å². The smallest absolute Gasteiger partial charge is 0.329 e. The summed E-state index contributed by atoms with van der Waals surface area (Å²) in [6.07, 6.45) is 6.92. The van der Waals surface area contributed by atoms with E-state index >= 15 is 0 Å². The fourth-order valence-corrected chi connectivity index (χ4v) is 5.90. The topological polar surface area (TPSA) is 88.4 Å². The summed E-state index contributed by atoms with van der Waals surface area (Å²) in [5.74, 6) is 0.984. The fraction of sp³-hybridized carbons (Fsp3) is 0.625.